The second-order valence-corrected chi connectivity index (χ2v) is 6.20. The van der Waals surface area contributed by atoms with Crippen molar-refractivity contribution in [2.24, 2.45) is 0 Å². The maximum absolute atomic E-state index is 14.1. The molecule has 1 heterocycles. The molecule has 1 saturated heterocycles. The number of nitrogens with zero attached hydrogens (tertiary/aromatic N) is 2. The van der Waals surface area contributed by atoms with Gasteiger partial charge < -0.3 is 4.90 Å². The average Bonchev–Trinajstić information content (AvgIpc) is 2.68. The van der Waals surface area contributed by atoms with Crippen molar-refractivity contribution in [3.05, 3.63) is 23.5 Å². The second-order valence-electron chi connectivity index (χ2n) is 5.23. The third-order valence-electron chi connectivity index (χ3n) is 3.23. The largest absolute Gasteiger partial charge is 0.375 e. The van der Waals surface area contributed by atoms with Gasteiger partial charge in [-0.3, -0.25) is 15.1 Å². The minimum Gasteiger partial charge on any atom is -0.375 e. The van der Waals surface area contributed by atoms with E-state index in [9.17, 15) is 9.18 Å². The third-order valence-corrected chi connectivity index (χ3v) is 4.07. The zero-order valence-electron chi connectivity index (χ0n) is 12.0. The number of anilines is 2. The fourth-order valence-electron chi connectivity index (χ4n) is 2.18. The van der Waals surface area contributed by atoms with E-state index in [0.717, 1.165) is 5.56 Å². The lowest BCUT2D eigenvalue weighted by Crippen LogP contribution is -2.30. The first-order valence-corrected chi connectivity index (χ1v) is 7.36. The van der Waals surface area contributed by atoms with E-state index in [2.05, 4.69) is 0 Å². The summed E-state index contributed by atoms with van der Waals surface area (Å²) in [6, 6.07) is 3.13. The average molecular weight is 295 g/mol. The van der Waals surface area contributed by atoms with Gasteiger partial charge in [-0.2, -0.15) is 0 Å². The van der Waals surface area contributed by atoms with Gasteiger partial charge in [-0.05, 0) is 23.6 Å². The van der Waals surface area contributed by atoms with Crippen LogP contribution < -0.4 is 9.80 Å². The number of amidine groups is 1. The molecule has 1 aliphatic rings. The van der Waals surface area contributed by atoms with Crippen LogP contribution in [0.1, 0.15) is 25.3 Å². The van der Waals surface area contributed by atoms with Crippen LogP contribution in [-0.4, -0.2) is 30.9 Å². The molecule has 1 aromatic rings. The molecule has 1 fully saturated rings. The number of hydrogen-bond acceptors (Lipinski definition) is 4. The van der Waals surface area contributed by atoms with Crippen molar-refractivity contribution in [2.45, 2.75) is 19.8 Å². The molecule has 6 heteroatoms. The number of rotatable bonds is 3. The number of halogens is 1. The molecule has 108 valence electrons. The molecule has 1 aromatic carbocycles. The van der Waals surface area contributed by atoms with Gasteiger partial charge in [0.2, 0.25) is 5.91 Å². The van der Waals surface area contributed by atoms with Crippen LogP contribution in [0.3, 0.4) is 0 Å². The molecule has 0 aliphatic carbocycles. The first-order chi connectivity index (χ1) is 9.32. The first-order valence-electron chi connectivity index (χ1n) is 6.38. The molecule has 0 bridgehead atoms. The van der Waals surface area contributed by atoms with Gasteiger partial charge in [0.1, 0.15) is 5.82 Å². The Morgan fingerprint density at radius 3 is 2.50 bits per heavy atom. The number of amides is 1. The zero-order chi connectivity index (χ0) is 15.0. The van der Waals surface area contributed by atoms with Crippen LogP contribution in [0.4, 0.5) is 15.8 Å². The van der Waals surface area contributed by atoms with Crippen LogP contribution in [0, 0.1) is 11.2 Å². The van der Waals surface area contributed by atoms with E-state index in [1.807, 2.05) is 13.8 Å². The highest BCUT2D eigenvalue weighted by molar-refractivity contribution is 8.15. The maximum Gasteiger partial charge on any atom is 0.243 e. The summed E-state index contributed by atoms with van der Waals surface area (Å²) in [4.78, 5) is 15.0. The molecule has 0 aromatic heterocycles. The number of hydrogen-bond donors (Lipinski definition) is 1. The van der Waals surface area contributed by atoms with E-state index in [1.165, 1.54) is 22.7 Å². The van der Waals surface area contributed by atoms with Crippen LogP contribution in [0.15, 0.2) is 12.1 Å². The summed E-state index contributed by atoms with van der Waals surface area (Å²) >= 11 is 1.20. The molecule has 20 heavy (non-hydrogen) atoms. The van der Waals surface area contributed by atoms with Crippen molar-refractivity contribution in [3.63, 3.8) is 0 Å². The van der Waals surface area contributed by atoms with E-state index in [-0.39, 0.29) is 28.6 Å². The lowest BCUT2D eigenvalue weighted by Gasteiger charge is -2.24. The zero-order valence-corrected chi connectivity index (χ0v) is 12.8. The standard InChI is InChI=1S/C14H18FN3OS/c1-8(2)9-5-10(15)12(17(3)4)6-11(9)18-13(19)7-20-14(18)16/h5-6,8,16H,7H2,1-4H3. The number of carbonyl (C=O) groups is 1. The molecule has 4 nitrogen and oxygen atoms in total. The molecule has 0 spiro atoms. The van der Waals surface area contributed by atoms with Crippen LogP contribution in [0.2, 0.25) is 0 Å². The van der Waals surface area contributed by atoms with Gasteiger partial charge in [0.05, 0.1) is 17.1 Å². The highest BCUT2D eigenvalue weighted by Gasteiger charge is 2.31. The van der Waals surface area contributed by atoms with Gasteiger partial charge in [-0.25, -0.2) is 4.39 Å². The molecule has 1 amide bonds. The van der Waals surface area contributed by atoms with Gasteiger partial charge in [0.25, 0.3) is 0 Å². The van der Waals surface area contributed by atoms with Crippen LogP contribution in [0.25, 0.3) is 0 Å². The Labute approximate surface area is 122 Å². The van der Waals surface area contributed by atoms with Crippen molar-refractivity contribution in [1.82, 2.24) is 0 Å². The summed E-state index contributed by atoms with van der Waals surface area (Å²) in [5.41, 5.74) is 1.78. The Hall–Kier alpha value is -1.56. The summed E-state index contributed by atoms with van der Waals surface area (Å²) in [7, 11) is 3.51. The highest BCUT2D eigenvalue weighted by Crippen LogP contribution is 2.36. The molecule has 0 radical (unpaired) electrons. The van der Waals surface area contributed by atoms with Crippen molar-refractivity contribution < 1.29 is 9.18 Å². The molecule has 0 atom stereocenters. The predicted octanol–water partition coefficient (Wildman–Crippen LogP) is 3.03. The summed E-state index contributed by atoms with van der Waals surface area (Å²) in [5, 5.41) is 8.11. The summed E-state index contributed by atoms with van der Waals surface area (Å²) in [5.74, 6) is -0.0983. The van der Waals surface area contributed by atoms with Crippen LogP contribution in [0.5, 0.6) is 0 Å². The monoisotopic (exact) mass is 295 g/mol. The van der Waals surface area contributed by atoms with Gasteiger partial charge in [-0.1, -0.05) is 25.6 Å². The number of thioether (sulfide) groups is 1. The Balaban J connectivity index is 2.62. The highest BCUT2D eigenvalue weighted by atomic mass is 32.2. The minimum atomic E-state index is -0.312. The summed E-state index contributed by atoms with van der Waals surface area (Å²) < 4.78 is 14.1. The van der Waals surface area contributed by atoms with Gasteiger partial charge in [0, 0.05) is 14.1 Å². The lowest BCUT2D eigenvalue weighted by atomic mass is 9.99. The number of nitrogens with one attached hydrogen (secondary N) is 1. The Bertz CT molecular complexity index is 556. The summed E-state index contributed by atoms with van der Waals surface area (Å²) in [6.07, 6.45) is 0. The quantitative estimate of drug-likeness (QED) is 0.932. The van der Waals surface area contributed by atoms with Crippen molar-refractivity contribution in [2.75, 3.05) is 29.6 Å². The Morgan fingerprint density at radius 2 is 2.05 bits per heavy atom. The van der Waals surface area contributed by atoms with Crippen molar-refractivity contribution in [1.29, 1.82) is 5.41 Å². The molecule has 0 unspecified atom stereocenters. The van der Waals surface area contributed by atoms with Gasteiger partial charge in [-0.15, -0.1) is 0 Å². The van der Waals surface area contributed by atoms with Crippen LogP contribution >= 0.6 is 11.8 Å². The first kappa shape index (κ1) is 14.8. The van der Waals surface area contributed by atoms with Crippen molar-refractivity contribution >= 4 is 34.2 Å². The fourth-order valence-corrected chi connectivity index (χ4v) is 2.90. The van der Waals surface area contributed by atoms with E-state index in [4.69, 9.17) is 5.41 Å². The Kier molecular flexibility index (Phi) is 4.04. The molecule has 1 N–H and O–H groups in total. The maximum atomic E-state index is 14.1. The normalized spacial score (nSPS) is 15.4. The minimum absolute atomic E-state index is 0.0712. The van der Waals surface area contributed by atoms with Gasteiger partial charge in [0.15, 0.2) is 5.17 Å². The van der Waals surface area contributed by atoms with Crippen LogP contribution in [-0.2, 0) is 4.79 Å². The fraction of sp³-hybridized carbons (Fsp3) is 0.429. The molecule has 2 rings (SSSR count). The van der Waals surface area contributed by atoms with E-state index in [1.54, 1.807) is 25.1 Å². The van der Waals surface area contributed by atoms with Crippen molar-refractivity contribution in [3.8, 4) is 0 Å². The smallest absolute Gasteiger partial charge is 0.243 e. The van der Waals surface area contributed by atoms with E-state index < -0.39 is 0 Å². The third kappa shape index (κ3) is 2.52. The number of carbonyl (C=O) groups excluding carboxylic acids is 1. The predicted molar refractivity (Wildman–Crippen MR) is 82.5 cm³/mol. The van der Waals surface area contributed by atoms with E-state index in [0.29, 0.717) is 11.4 Å². The lowest BCUT2D eigenvalue weighted by molar-refractivity contribution is -0.115. The number of benzene rings is 1. The summed E-state index contributed by atoms with van der Waals surface area (Å²) in [6.45, 7) is 3.90. The molecular formula is C14H18FN3OS. The van der Waals surface area contributed by atoms with Gasteiger partial charge >= 0.3 is 0 Å². The SMILES string of the molecule is CC(C)c1cc(F)c(N(C)C)cc1N1C(=N)SCC1=O. The van der Waals surface area contributed by atoms with E-state index >= 15 is 0 Å². The topological polar surface area (TPSA) is 47.4 Å². The second kappa shape index (κ2) is 5.44. The Morgan fingerprint density at radius 1 is 1.40 bits per heavy atom. The molecular weight excluding hydrogens is 277 g/mol. The molecule has 0 saturated carbocycles. The molecule has 1 aliphatic heterocycles.